The van der Waals surface area contributed by atoms with Crippen LogP contribution in [0.15, 0.2) is 0 Å². The van der Waals surface area contributed by atoms with Crippen LogP contribution in [0.5, 0.6) is 0 Å². The first kappa shape index (κ1) is 19.5. The van der Waals surface area contributed by atoms with Crippen molar-refractivity contribution in [3.8, 4) is 0 Å². The van der Waals surface area contributed by atoms with E-state index in [-0.39, 0.29) is 5.41 Å². The lowest BCUT2D eigenvalue weighted by atomic mass is 9.79. The lowest BCUT2D eigenvalue weighted by Crippen LogP contribution is -2.34. The van der Waals surface area contributed by atoms with Crippen LogP contribution >= 0.6 is 0 Å². The molecule has 3 atom stereocenters. The topological polar surface area (TPSA) is 65.3 Å². The largest absolute Gasteiger partial charge is 0.378 e. The summed E-state index contributed by atoms with van der Waals surface area (Å²) >= 11 is 0. The quantitative estimate of drug-likeness (QED) is 0.226. The van der Waals surface area contributed by atoms with E-state index < -0.39 is 0 Å². The van der Waals surface area contributed by atoms with E-state index >= 15 is 0 Å². The molecule has 0 N–H and O–H groups in total. The summed E-state index contributed by atoms with van der Waals surface area (Å²) < 4.78 is 33.2. The van der Waals surface area contributed by atoms with Crippen LogP contribution in [-0.2, 0) is 28.4 Å². The van der Waals surface area contributed by atoms with Gasteiger partial charge in [0.25, 0.3) is 0 Å². The third kappa shape index (κ3) is 8.33. The monoisotopic (exact) mass is 358 g/mol. The molecule has 6 heteroatoms. The van der Waals surface area contributed by atoms with Gasteiger partial charge in [-0.15, -0.1) is 0 Å². The van der Waals surface area contributed by atoms with Gasteiger partial charge in [-0.1, -0.05) is 12.8 Å². The van der Waals surface area contributed by atoms with Gasteiger partial charge in [0.2, 0.25) is 0 Å². The Labute approximate surface area is 151 Å². The van der Waals surface area contributed by atoms with E-state index in [1.165, 1.54) is 0 Å². The zero-order valence-corrected chi connectivity index (χ0v) is 15.6. The smallest absolute Gasteiger partial charge is 0.146 e. The van der Waals surface area contributed by atoms with Gasteiger partial charge in [-0.3, -0.25) is 0 Å². The molecule has 6 nitrogen and oxygen atoms in total. The molecule has 3 aliphatic heterocycles. The van der Waals surface area contributed by atoms with E-state index in [0.29, 0.717) is 44.9 Å². The van der Waals surface area contributed by atoms with Gasteiger partial charge in [0.1, 0.15) is 12.9 Å². The maximum Gasteiger partial charge on any atom is 0.146 e. The summed E-state index contributed by atoms with van der Waals surface area (Å²) in [4.78, 5) is 0. The third-order valence-corrected chi connectivity index (χ3v) is 5.16. The van der Waals surface area contributed by atoms with E-state index in [2.05, 4.69) is 0 Å². The molecule has 0 bridgehead atoms. The Morgan fingerprint density at radius 2 is 1.36 bits per heavy atom. The Hall–Kier alpha value is -0.240. The van der Waals surface area contributed by atoms with E-state index in [4.69, 9.17) is 28.4 Å². The minimum absolute atomic E-state index is 0.0514. The summed E-state index contributed by atoms with van der Waals surface area (Å²) in [6, 6.07) is 0. The average molecular weight is 358 g/mol. The molecule has 0 saturated carbocycles. The molecular weight excluding hydrogens is 324 g/mol. The van der Waals surface area contributed by atoms with Crippen molar-refractivity contribution in [2.45, 2.75) is 63.8 Å². The van der Waals surface area contributed by atoms with E-state index in [9.17, 15) is 0 Å². The Balaban J connectivity index is 1.47. The molecule has 0 aliphatic carbocycles. The lowest BCUT2D eigenvalue weighted by Gasteiger charge is -2.33. The van der Waals surface area contributed by atoms with Crippen LogP contribution in [0.3, 0.4) is 0 Å². The van der Waals surface area contributed by atoms with Crippen molar-refractivity contribution >= 4 is 0 Å². The fraction of sp³-hybridized carbons (Fsp3) is 1.00. The van der Waals surface area contributed by atoms with Crippen molar-refractivity contribution < 1.29 is 28.4 Å². The SMILES string of the molecule is CCOCOCC(CCCC1CO1)(CCCC1CO1)COCC1CO1. The second-order valence-electron chi connectivity index (χ2n) is 7.62. The van der Waals surface area contributed by atoms with Gasteiger partial charge in [0, 0.05) is 12.0 Å². The Kier molecular flexibility index (Phi) is 7.95. The van der Waals surface area contributed by atoms with Gasteiger partial charge in [0.05, 0.1) is 51.8 Å². The molecule has 146 valence electrons. The molecule has 0 amide bonds. The van der Waals surface area contributed by atoms with Crippen LogP contribution < -0.4 is 0 Å². The summed E-state index contributed by atoms with van der Waals surface area (Å²) in [6.45, 7) is 7.86. The summed E-state index contributed by atoms with van der Waals surface area (Å²) in [5.41, 5.74) is 0.0514. The van der Waals surface area contributed by atoms with Crippen molar-refractivity contribution in [3.63, 3.8) is 0 Å². The predicted octanol–water partition coefficient (Wildman–Crippen LogP) is 2.54. The first-order chi connectivity index (χ1) is 12.3. The summed E-state index contributed by atoms with van der Waals surface area (Å²) in [5, 5.41) is 0. The maximum atomic E-state index is 6.02. The van der Waals surface area contributed by atoms with Crippen molar-refractivity contribution in [1.82, 2.24) is 0 Å². The average Bonchev–Trinajstić information content (AvgIpc) is 3.46. The normalized spacial score (nSPS) is 29.4. The highest BCUT2D eigenvalue weighted by atomic mass is 16.7. The standard InChI is InChI=1S/C19H34O6/c1-2-20-15-22-14-19(7-3-5-16-10-23-16,8-4-6-17-11-24-17)13-21-9-18-12-25-18/h16-18H,2-15H2,1H3. The van der Waals surface area contributed by atoms with Gasteiger partial charge in [-0.25, -0.2) is 0 Å². The molecule has 3 unspecified atom stereocenters. The van der Waals surface area contributed by atoms with E-state index in [0.717, 1.165) is 65.0 Å². The fourth-order valence-electron chi connectivity index (χ4n) is 3.31. The van der Waals surface area contributed by atoms with Gasteiger partial charge in [0.15, 0.2) is 0 Å². The summed E-state index contributed by atoms with van der Waals surface area (Å²) in [5.74, 6) is 0. The van der Waals surface area contributed by atoms with Gasteiger partial charge in [-0.05, 0) is 32.6 Å². The summed E-state index contributed by atoms with van der Waals surface area (Å²) in [6.07, 6.45) is 8.10. The molecule has 0 aromatic rings. The number of ether oxygens (including phenoxy) is 6. The van der Waals surface area contributed by atoms with Crippen molar-refractivity contribution in [2.75, 3.05) is 53.0 Å². The molecule has 3 fully saturated rings. The maximum absolute atomic E-state index is 6.02. The number of rotatable bonds is 17. The predicted molar refractivity (Wildman–Crippen MR) is 92.6 cm³/mol. The third-order valence-electron chi connectivity index (χ3n) is 5.16. The second-order valence-corrected chi connectivity index (χ2v) is 7.62. The number of hydrogen-bond acceptors (Lipinski definition) is 6. The molecule has 3 saturated heterocycles. The highest BCUT2D eigenvalue weighted by molar-refractivity contribution is 4.83. The van der Waals surface area contributed by atoms with Gasteiger partial charge < -0.3 is 28.4 Å². The molecular formula is C19H34O6. The minimum Gasteiger partial charge on any atom is -0.378 e. The summed E-state index contributed by atoms with van der Waals surface area (Å²) in [7, 11) is 0. The first-order valence-electron chi connectivity index (χ1n) is 9.88. The number of hydrogen-bond donors (Lipinski definition) is 0. The second kappa shape index (κ2) is 10.2. The van der Waals surface area contributed by atoms with Gasteiger partial charge >= 0.3 is 0 Å². The molecule has 0 spiro atoms. The van der Waals surface area contributed by atoms with Crippen LogP contribution in [0, 0.1) is 5.41 Å². The molecule has 0 aromatic heterocycles. The number of epoxide rings is 3. The molecule has 3 aliphatic rings. The molecule has 3 heterocycles. The lowest BCUT2D eigenvalue weighted by molar-refractivity contribution is -0.102. The zero-order chi connectivity index (χ0) is 17.4. The van der Waals surface area contributed by atoms with Gasteiger partial charge in [-0.2, -0.15) is 0 Å². The highest BCUT2D eigenvalue weighted by Gasteiger charge is 2.34. The van der Waals surface area contributed by atoms with E-state index in [1.807, 2.05) is 6.92 Å². The molecule has 0 radical (unpaired) electrons. The van der Waals surface area contributed by atoms with Crippen LogP contribution in [-0.4, -0.2) is 71.4 Å². The Morgan fingerprint density at radius 1 is 0.800 bits per heavy atom. The molecule has 25 heavy (non-hydrogen) atoms. The van der Waals surface area contributed by atoms with Crippen molar-refractivity contribution in [1.29, 1.82) is 0 Å². The Bertz CT molecular complexity index is 319. The molecule has 0 aromatic carbocycles. The van der Waals surface area contributed by atoms with Crippen LogP contribution in [0.25, 0.3) is 0 Å². The van der Waals surface area contributed by atoms with Crippen LogP contribution in [0.4, 0.5) is 0 Å². The zero-order valence-electron chi connectivity index (χ0n) is 15.6. The van der Waals surface area contributed by atoms with Crippen molar-refractivity contribution in [2.24, 2.45) is 5.41 Å². The fourth-order valence-corrected chi connectivity index (χ4v) is 3.31. The van der Waals surface area contributed by atoms with Crippen molar-refractivity contribution in [3.05, 3.63) is 0 Å². The molecule has 3 rings (SSSR count). The minimum atomic E-state index is 0.0514. The Morgan fingerprint density at radius 3 is 1.88 bits per heavy atom. The van der Waals surface area contributed by atoms with Crippen LogP contribution in [0.2, 0.25) is 0 Å². The van der Waals surface area contributed by atoms with E-state index in [1.54, 1.807) is 0 Å². The van der Waals surface area contributed by atoms with Crippen LogP contribution in [0.1, 0.15) is 45.4 Å². The highest BCUT2D eigenvalue weighted by Crippen LogP contribution is 2.35. The first-order valence-corrected chi connectivity index (χ1v) is 9.88.